The smallest absolute Gasteiger partial charge is 0.305 e. The number of hydrogen-bond acceptors (Lipinski definition) is 4. The number of carbonyl (C=O) groups is 2. The average molecular weight is 399 g/mol. The van der Waals surface area contributed by atoms with E-state index in [1.54, 1.807) is 60.7 Å². The summed E-state index contributed by atoms with van der Waals surface area (Å²) >= 11 is 5.84. The average Bonchev–Trinajstić information content (AvgIpc) is 3.21. The predicted octanol–water partition coefficient (Wildman–Crippen LogP) is 4.15. The number of nitrogens with one attached hydrogen (secondary N) is 2. The number of halogens is 1. The van der Waals surface area contributed by atoms with Crippen LogP contribution >= 0.6 is 11.6 Å². The predicted molar refractivity (Wildman–Crippen MR) is 105 cm³/mol. The van der Waals surface area contributed by atoms with Gasteiger partial charge in [-0.2, -0.15) is 0 Å². The van der Waals surface area contributed by atoms with Crippen molar-refractivity contribution >= 4 is 23.4 Å². The van der Waals surface area contributed by atoms with Crippen LogP contribution in [0.2, 0.25) is 5.02 Å². The van der Waals surface area contributed by atoms with Crippen LogP contribution in [0.1, 0.15) is 39.2 Å². The van der Waals surface area contributed by atoms with Gasteiger partial charge < -0.3 is 9.15 Å². The van der Waals surface area contributed by atoms with Gasteiger partial charge in [-0.3, -0.25) is 20.4 Å². The third-order valence-corrected chi connectivity index (χ3v) is 4.21. The number of hydrazine groups is 1. The molecule has 28 heavy (non-hydrogen) atoms. The molecule has 2 amide bonds. The third kappa shape index (κ3) is 5.14. The Kier molecular flexibility index (Phi) is 6.34. The molecule has 0 aliphatic rings. The van der Waals surface area contributed by atoms with Gasteiger partial charge in [-0.15, -0.1) is 0 Å². The highest BCUT2D eigenvalue weighted by molar-refractivity contribution is 6.30. The second-order valence-corrected chi connectivity index (χ2v) is 6.40. The molecule has 0 atom stereocenters. The summed E-state index contributed by atoms with van der Waals surface area (Å²) < 4.78 is 11.0. The fourth-order valence-corrected chi connectivity index (χ4v) is 2.51. The molecule has 144 valence electrons. The maximum atomic E-state index is 12.2. The van der Waals surface area contributed by atoms with E-state index < -0.39 is 11.8 Å². The van der Waals surface area contributed by atoms with Crippen molar-refractivity contribution in [2.75, 3.05) is 0 Å². The second-order valence-electron chi connectivity index (χ2n) is 5.97. The molecule has 0 saturated heterocycles. The van der Waals surface area contributed by atoms with Crippen LogP contribution in [0.3, 0.4) is 0 Å². The van der Waals surface area contributed by atoms with E-state index in [0.29, 0.717) is 35.1 Å². The van der Waals surface area contributed by atoms with Crippen molar-refractivity contribution in [1.82, 2.24) is 10.9 Å². The number of amides is 2. The van der Waals surface area contributed by atoms with Crippen molar-refractivity contribution in [3.8, 4) is 5.75 Å². The molecule has 2 N–H and O–H groups in total. The van der Waals surface area contributed by atoms with Crippen LogP contribution in [0.4, 0.5) is 0 Å². The number of furan rings is 1. The Hall–Kier alpha value is -3.25. The van der Waals surface area contributed by atoms with Gasteiger partial charge >= 0.3 is 5.91 Å². The van der Waals surface area contributed by atoms with Crippen LogP contribution in [0, 0.1) is 0 Å². The Labute approximate surface area is 167 Å². The zero-order valence-electron chi connectivity index (χ0n) is 15.2. The molecule has 0 bridgehead atoms. The van der Waals surface area contributed by atoms with Crippen molar-refractivity contribution in [2.24, 2.45) is 0 Å². The summed E-state index contributed by atoms with van der Waals surface area (Å²) in [6.45, 7) is 2.28. The SMILES string of the molecule is CCc1ccc(C(=O)NNC(=O)c2ccc(COc3ccc(Cl)cc3)cc2)o1. The minimum atomic E-state index is -0.513. The number of hydrogen-bond donors (Lipinski definition) is 2. The van der Waals surface area contributed by atoms with Gasteiger partial charge in [0, 0.05) is 17.0 Å². The molecule has 0 saturated carbocycles. The van der Waals surface area contributed by atoms with Crippen LogP contribution in [0.25, 0.3) is 0 Å². The molecule has 3 aromatic rings. The molecular weight excluding hydrogens is 380 g/mol. The van der Waals surface area contributed by atoms with Gasteiger partial charge in [-0.25, -0.2) is 0 Å². The first-order valence-corrected chi connectivity index (χ1v) is 9.09. The van der Waals surface area contributed by atoms with E-state index in [4.69, 9.17) is 20.8 Å². The Balaban J connectivity index is 1.50. The Morgan fingerprint density at radius 1 is 0.929 bits per heavy atom. The lowest BCUT2D eigenvalue weighted by molar-refractivity contribution is 0.0830. The number of ether oxygens (including phenoxy) is 1. The molecule has 0 fully saturated rings. The number of benzene rings is 2. The van der Waals surface area contributed by atoms with Crippen LogP contribution in [-0.2, 0) is 13.0 Å². The number of carbonyl (C=O) groups excluding carboxylic acids is 2. The standard InChI is InChI=1S/C21H19ClN2O4/c1-2-17-11-12-19(28-17)21(26)24-23-20(25)15-5-3-14(4-6-15)13-27-18-9-7-16(22)8-10-18/h3-12H,2,13H2,1H3,(H,23,25)(H,24,26). The summed E-state index contributed by atoms with van der Waals surface area (Å²) in [4.78, 5) is 24.1. The lowest BCUT2D eigenvalue weighted by atomic mass is 10.1. The zero-order chi connectivity index (χ0) is 19.9. The molecule has 0 unspecified atom stereocenters. The number of rotatable bonds is 6. The van der Waals surface area contributed by atoms with Crippen LogP contribution < -0.4 is 15.6 Å². The summed E-state index contributed by atoms with van der Waals surface area (Å²) in [7, 11) is 0. The van der Waals surface area contributed by atoms with E-state index in [2.05, 4.69) is 10.9 Å². The first kappa shape index (κ1) is 19.5. The Morgan fingerprint density at radius 3 is 2.25 bits per heavy atom. The molecule has 1 heterocycles. The molecule has 7 heteroatoms. The monoisotopic (exact) mass is 398 g/mol. The van der Waals surface area contributed by atoms with Crippen LogP contribution in [0.5, 0.6) is 5.75 Å². The van der Waals surface area contributed by atoms with Gasteiger partial charge in [0.2, 0.25) is 0 Å². The summed E-state index contributed by atoms with van der Waals surface area (Å²) in [6, 6.07) is 17.3. The molecule has 0 spiro atoms. The normalized spacial score (nSPS) is 10.4. The van der Waals surface area contributed by atoms with Crippen LogP contribution in [-0.4, -0.2) is 11.8 Å². The third-order valence-electron chi connectivity index (χ3n) is 3.96. The summed E-state index contributed by atoms with van der Waals surface area (Å²) in [6.07, 6.45) is 0.688. The molecule has 0 radical (unpaired) electrons. The topological polar surface area (TPSA) is 80.6 Å². The fourth-order valence-electron chi connectivity index (χ4n) is 2.39. The van der Waals surface area contributed by atoms with Gasteiger partial charge in [0.15, 0.2) is 5.76 Å². The molecule has 6 nitrogen and oxygen atoms in total. The van der Waals surface area contributed by atoms with Crippen molar-refractivity contribution < 1.29 is 18.7 Å². The van der Waals surface area contributed by atoms with Gasteiger partial charge in [0.25, 0.3) is 5.91 Å². The fraction of sp³-hybridized carbons (Fsp3) is 0.143. The van der Waals surface area contributed by atoms with Crippen molar-refractivity contribution in [2.45, 2.75) is 20.0 Å². The van der Waals surface area contributed by atoms with Gasteiger partial charge in [-0.1, -0.05) is 30.7 Å². The molecule has 0 aliphatic carbocycles. The molecule has 3 rings (SSSR count). The first-order chi connectivity index (χ1) is 13.5. The lowest BCUT2D eigenvalue weighted by Gasteiger charge is -2.08. The highest BCUT2D eigenvalue weighted by atomic mass is 35.5. The minimum Gasteiger partial charge on any atom is -0.489 e. The summed E-state index contributed by atoms with van der Waals surface area (Å²) in [5, 5.41) is 0.646. The van der Waals surface area contributed by atoms with E-state index in [0.717, 1.165) is 5.56 Å². The zero-order valence-corrected chi connectivity index (χ0v) is 16.0. The van der Waals surface area contributed by atoms with Crippen molar-refractivity contribution in [3.05, 3.63) is 88.3 Å². The molecule has 0 aliphatic heterocycles. The van der Waals surface area contributed by atoms with E-state index in [9.17, 15) is 9.59 Å². The van der Waals surface area contributed by atoms with E-state index in [1.807, 2.05) is 6.92 Å². The largest absolute Gasteiger partial charge is 0.489 e. The summed E-state index contributed by atoms with van der Waals surface area (Å²) in [5.41, 5.74) is 6.01. The van der Waals surface area contributed by atoms with Gasteiger partial charge in [0.1, 0.15) is 18.1 Å². The van der Waals surface area contributed by atoms with Crippen molar-refractivity contribution in [1.29, 1.82) is 0 Å². The quantitative estimate of drug-likeness (QED) is 0.611. The van der Waals surface area contributed by atoms with E-state index in [-0.39, 0.29) is 5.76 Å². The van der Waals surface area contributed by atoms with E-state index >= 15 is 0 Å². The van der Waals surface area contributed by atoms with Gasteiger partial charge in [-0.05, 0) is 54.1 Å². The molecular formula is C21H19ClN2O4. The maximum absolute atomic E-state index is 12.2. The maximum Gasteiger partial charge on any atom is 0.305 e. The highest BCUT2D eigenvalue weighted by Crippen LogP contribution is 2.17. The highest BCUT2D eigenvalue weighted by Gasteiger charge is 2.12. The lowest BCUT2D eigenvalue weighted by Crippen LogP contribution is -2.41. The minimum absolute atomic E-state index is 0.145. The van der Waals surface area contributed by atoms with Crippen LogP contribution in [0.15, 0.2) is 65.1 Å². The van der Waals surface area contributed by atoms with Crippen molar-refractivity contribution in [3.63, 3.8) is 0 Å². The number of aryl methyl sites for hydroxylation is 1. The van der Waals surface area contributed by atoms with E-state index in [1.165, 1.54) is 0 Å². The molecule has 1 aromatic heterocycles. The first-order valence-electron chi connectivity index (χ1n) is 8.72. The molecule has 2 aromatic carbocycles. The Morgan fingerprint density at radius 2 is 1.61 bits per heavy atom. The second kappa shape index (κ2) is 9.10. The van der Waals surface area contributed by atoms with Gasteiger partial charge in [0.05, 0.1) is 0 Å². The Bertz CT molecular complexity index is 949. The summed E-state index contributed by atoms with van der Waals surface area (Å²) in [5.74, 6) is 0.611.